The highest BCUT2D eigenvalue weighted by Crippen LogP contribution is 2.28. The maximum Gasteiger partial charge on any atom is 0.147 e. The van der Waals surface area contributed by atoms with Crippen molar-refractivity contribution in [3.63, 3.8) is 0 Å². The molecule has 0 saturated carbocycles. The maximum atomic E-state index is 5.46. The third-order valence-corrected chi connectivity index (χ3v) is 7.20. The Morgan fingerprint density at radius 2 is 1.38 bits per heavy atom. The summed E-state index contributed by atoms with van der Waals surface area (Å²) < 4.78 is 1.12. The summed E-state index contributed by atoms with van der Waals surface area (Å²) in [5.74, 6) is 1.26. The number of rotatable bonds is 12. The summed E-state index contributed by atoms with van der Waals surface area (Å²) in [6.45, 7) is 4.66. The lowest BCUT2D eigenvalue weighted by Gasteiger charge is -2.16. The molecule has 1 aliphatic rings. The summed E-state index contributed by atoms with van der Waals surface area (Å²) in [5, 5.41) is 0. The lowest BCUT2D eigenvalue weighted by atomic mass is 10.1. The molecule has 0 atom stereocenters. The monoisotopic (exact) mass is 347 g/mol. The summed E-state index contributed by atoms with van der Waals surface area (Å²) in [6, 6.07) is 0. The molecule has 1 heterocycles. The van der Waals surface area contributed by atoms with E-state index >= 15 is 0 Å². The van der Waals surface area contributed by atoms with Crippen LogP contribution in [0.3, 0.4) is 0 Å². The molecule has 0 N–H and O–H groups in total. The van der Waals surface area contributed by atoms with E-state index in [1.54, 1.807) is 0 Å². The van der Waals surface area contributed by atoms with Gasteiger partial charge in [0.1, 0.15) is 4.32 Å². The first kappa shape index (κ1) is 19.6. The van der Waals surface area contributed by atoms with Crippen LogP contribution in [0, 0.1) is 0 Å². The number of thiocarbonyl (C=S) groups is 1. The fourth-order valence-corrected chi connectivity index (χ4v) is 5.32. The zero-order valence-electron chi connectivity index (χ0n) is 13.8. The topological polar surface area (TPSA) is 3.24 Å². The normalized spacial score (nSPS) is 14.8. The van der Waals surface area contributed by atoms with Crippen LogP contribution in [-0.2, 0) is 0 Å². The molecule has 4 heteroatoms. The summed E-state index contributed by atoms with van der Waals surface area (Å²) in [7, 11) is 3.79. The number of hydrogen-bond acceptors (Lipinski definition) is 3. The molecule has 1 rings (SSSR count). The Hall–Kier alpha value is 0.590. The molecule has 1 aliphatic heterocycles. The van der Waals surface area contributed by atoms with Crippen LogP contribution in [0.4, 0.5) is 0 Å². The van der Waals surface area contributed by atoms with Crippen molar-refractivity contribution in [3.8, 4) is 0 Å². The highest BCUT2D eigenvalue weighted by Gasteiger charge is 2.14. The highest BCUT2D eigenvalue weighted by atomic mass is 33.1. The molecule has 1 fully saturated rings. The van der Waals surface area contributed by atoms with Crippen LogP contribution < -0.4 is 0 Å². The van der Waals surface area contributed by atoms with Crippen LogP contribution in [0.5, 0.6) is 0 Å². The van der Waals surface area contributed by atoms with Gasteiger partial charge in [0.25, 0.3) is 0 Å². The average Bonchev–Trinajstić information content (AvgIpc) is 3.02. The minimum absolute atomic E-state index is 1.12. The minimum atomic E-state index is 1.12. The molecule has 124 valence electrons. The summed E-state index contributed by atoms with van der Waals surface area (Å²) >= 11 is 5.46. The zero-order chi connectivity index (χ0) is 15.2. The Balaban J connectivity index is 1.75. The molecular formula is C17H33NS3. The SMILES string of the molecule is CCCCCCCCCCCCSSC(=S)N1CCCC1. The van der Waals surface area contributed by atoms with E-state index in [0.717, 1.165) is 4.32 Å². The standard InChI is InChI=1S/C17H33NS3/c1-2-3-4-5-6-7-8-9-10-13-16-20-21-17(19)18-14-11-12-15-18/h2-16H2,1H3. The molecule has 0 aromatic carbocycles. The smallest absolute Gasteiger partial charge is 0.147 e. The van der Waals surface area contributed by atoms with Crippen LogP contribution in [-0.4, -0.2) is 28.1 Å². The Kier molecular flexibility index (Phi) is 13.3. The van der Waals surface area contributed by atoms with Crippen molar-refractivity contribution in [1.29, 1.82) is 0 Å². The van der Waals surface area contributed by atoms with Gasteiger partial charge in [-0.2, -0.15) is 0 Å². The van der Waals surface area contributed by atoms with E-state index in [0.29, 0.717) is 0 Å². The molecule has 1 nitrogen and oxygen atoms in total. The van der Waals surface area contributed by atoms with Crippen molar-refractivity contribution in [2.24, 2.45) is 0 Å². The van der Waals surface area contributed by atoms with Crippen LogP contribution in [0.25, 0.3) is 0 Å². The van der Waals surface area contributed by atoms with Gasteiger partial charge in [0.05, 0.1) is 0 Å². The highest BCUT2D eigenvalue weighted by molar-refractivity contribution is 8.83. The van der Waals surface area contributed by atoms with Crippen LogP contribution >= 0.6 is 33.8 Å². The first-order valence-corrected chi connectivity index (χ1v) is 11.7. The molecule has 0 bridgehead atoms. The van der Waals surface area contributed by atoms with Crippen molar-refractivity contribution >= 4 is 38.1 Å². The van der Waals surface area contributed by atoms with Gasteiger partial charge in [-0.1, -0.05) is 87.7 Å². The lowest BCUT2D eigenvalue weighted by Crippen LogP contribution is -2.22. The fourth-order valence-electron chi connectivity index (χ4n) is 2.69. The van der Waals surface area contributed by atoms with Crippen molar-refractivity contribution in [3.05, 3.63) is 0 Å². The van der Waals surface area contributed by atoms with Gasteiger partial charge in [-0.15, -0.1) is 0 Å². The van der Waals surface area contributed by atoms with Gasteiger partial charge in [0.15, 0.2) is 0 Å². The Morgan fingerprint density at radius 1 is 0.857 bits per heavy atom. The molecule has 0 aromatic rings. The Bertz CT molecular complexity index is 252. The van der Waals surface area contributed by atoms with E-state index < -0.39 is 0 Å². The molecule has 21 heavy (non-hydrogen) atoms. The first-order valence-electron chi connectivity index (χ1n) is 8.93. The zero-order valence-corrected chi connectivity index (χ0v) is 16.2. The molecule has 0 aliphatic carbocycles. The van der Waals surface area contributed by atoms with Crippen LogP contribution in [0.15, 0.2) is 0 Å². The number of hydrogen-bond donors (Lipinski definition) is 0. The predicted molar refractivity (Wildman–Crippen MR) is 105 cm³/mol. The van der Waals surface area contributed by atoms with Gasteiger partial charge in [-0.25, -0.2) is 0 Å². The van der Waals surface area contributed by atoms with Crippen molar-refractivity contribution in [2.75, 3.05) is 18.8 Å². The number of unbranched alkanes of at least 4 members (excludes halogenated alkanes) is 9. The second kappa shape index (κ2) is 14.2. The van der Waals surface area contributed by atoms with Crippen LogP contribution in [0.2, 0.25) is 0 Å². The average molecular weight is 348 g/mol. The molecule has 1 saturated heterocycles. The second-order valence-electron chi connectivity index (χ2n) is 6.05. The quantitative estimate of drug-likeness (QED) is 0.220. The van der Waals surface area contributed by atoms with Gasteiger partial charge < -0.3 is 4.90 Å². The van der Waals surface area contributed by atoms with Crippen molar-refractivity contribution < 1.29 is 0 Å². The van der Waals surface area contributed by atoms with Gasteiger partial charge in [-0.05, 0) is 30.1 Å². The summed E-state index contributed by atoms with van der Waals surface area (Å²) in [6.07, 6.45) is 16.9. The van der Waals surface area contributed by atoms with Gasteiger partial charge >= 0.3 is 0 Å². The third kappa shape index (κ3) is 10.9. The molecule has 0 amide bonds. The fraction of sp³-hybridized carbons (Fsp3) is 0.941. The lowest BCUT2D eigenvalue weighted by molar-refractivity contribution is 0.539. The first-order chi connectivity index (χ1) is 10.3. The molecule has 0 radical (unpaired) electrons. The van der Waals surface area contributed by atoms with Crippen LogP contribution in [0.1, 0.15) is 84.0 Å². The van der Waals surface area contributed by atoms with Gasteiger partial charge in [-0.3, -0.25) is 0 Å². The van der Waals surface area contributed by atoms with Crippen molar-refractivity contribution in [2.45, 2.75) is 84.0 Å². The number of nitrogens with zero attached hydrogens (tertiary/aromatic N) is 1. The molecule has 0 aromatic heterocycles. The van der Waals surface area contributed by atoms with E-state index in [4.69, 9.17) is 12.2 Å². The minimum Gasteiger partial charge on any atom is -0.357 e. The third-order valence-electron chi connectivity index (χ3n) is 4.08. The summed E-state index contributed by atoms with van der Waals surface area (Å²) in [4.78, 5) is 2.37. The second-order valence-corrected chi connectivity index (χ2v) is 9.10. The van der Waals surface area contributed by atoms with E-state index in [-0.39, 0.29) is 0 Å². The Morgan fingerprint density at radius 3 is 1.95 bits per heavy atom. The molecule has 0 spiro atoms. The van der Waals surface area contributed by atoms with Crippen molar-refractivity contribution in [1.82, 2.24) is 4.90 Å². The Labute approximate surface area is 145 Å². The maximum absolute atomic E-state index is 5.46. The van der Waals surface area contributed by atoms with Gasteiger partial charge in [0, 0.05) is 18.8 Å². The van der Waals surface area contributed by atoms with E-state index in [9.17, 15) is 0 Å². The predicted octanol–water partition coefficient (Wildman–Crippen LogP) is 6.67. The van der Waals surface area contributed by atoms with E-state index in [2.05, 4.69) is 11.8 Å². The molecule has 0 unspecified atom stereocenters. The summed E-state index contributed by atoms with van der Waals surface area (Å²) in [5.41, 5.74) is 0. The molecular weight excluding hydrogens is 314 g/mol. The van der Waals surface area contributed by atoms with E-state index in [1.165, 1.54) is 95.9 Å². The van der Waals surface area contributed by atoms with Gasteiger partial charge in [0.2, 0.25) is 0 Å². The number of likely N-dealkylation sites (tertiary alicyclic amines) is 1. The largest absolute Gasteiger partial charge is 0.357 e. The van der Waals surface area contributed by atoms with E-state index in [1.807, 2.05) is 21.6 Å².